The maximum absolute atomic E-state index is 13.2. The van der Waals surface area contributed by atoms with E-state index < -0.39 is 0 Å². The van der Waals surface area contributed by atoms with Crippen LogP contribution in [-0.2, 0) is 6.42 Å². The Morgan fingerprint density at radius 2 is 1.64 bits per heavy atom. The van der Waals surface area contributed by atoms with Gasteiger partial charge in [-0.1, -0.05) is 63.2 Å². The van der Waals surface area contributed by atoms with Gasteiger partial charge < -0.3 is 5.41 Å². The first-order valence-corrected chi connectivity index (χ1v) is 7.88. The highest BCUT2D eigenvalue weighted by molar-refractivity contribution is 6.02. The maximum Gasteiger partial charge on any atom is 0.123 e. The van der Waals surface area contributed by atoms with E-state index in [1.54, 1.807) is 12.1 Å². The number of hydrogen-bond donors (Lipinski definition) is 1. The van der Waals surface area contributed by atoms with E-state index in [-0.39, 0.29) is 11.2 Å². The molecule has 0 aliphatic rings. The van der Waals surface area contributed by atoms with E-state index in [1.807, 2.05) is 18.2 Å². The van der Waals surface area contributed by atoms with Crippen LogP contribution >= 0.6 is 0 Å². The van der Waals surface area contributed by atoms with Gasteiger partial charge in [-0.05, 0) is 42.0 Å². The summed E-state index contributed by atoms with van der Waals surface area (Å²) in [5.41, 5.74) is 2.42. The molecule has 2 aromatic carbocycles. The Labute approximate surface area is 132 Å². The summed E-state index contributed by atoms with van der Waals surface area (Å²) in [5.74, 6) is 0.0708. The number of nitrogens with one attached hydrogen (secondary N) is 1. The fourth-order valence-electron chi connectivity index (χ4n) is 3.16. The minimum atomic E-state index is -0.258. The summed E-state index contributed by atoms with van der Waals surface area (Å²) in [7, 11) is 0. The first-order chi connectivity index (χ1) is 10.5. The van der Waals surface area contributed by atoms with Gasteiger partial charge in [-0.15, -0.1) is 0 Å². The van der Waals surface area contributed by atoms with Crippen LogP contribution in [0.4, 0.5) is 4.39 Å². The van der Waals surface area contributed by atoms with Crippen LogP contribution in [-0.4, -0.2) is 5.71 Å². The lowest BCUT2D eigenvalue weighted by molar-refractivity contribution is 0.282. The van der Waals surface area contributed by atoms with Gasteiger partial charge in [0, 0.05) is 11.1 Å². The minimum Gasteiger partial charge on any atom is -0.304 e. The van der Waals surface area contributed by atoms with Crippen molar-refractivity contribution in [1.82, 2.24) is 0 Å². The van der Waals surface area contributed by atoms with Crippen molar-refractivity contribution in [2.45, 2.75) is 33.6 Å². The molecule has 0 aliphatic heterocycles. The molecule has 0 aliphatic carbocycles. The van der Waals surface area contributed by atoms with Crippen LogP contribution < -0.4 is 0 Å². The van der Waals surface area contributed by atoms with Crippen LogP contribution in [0.15, 0.2) is 54.6 Å². The van der Waals surface area contributed by atoms with E-state index in [0.29, 0.717) is 11.6 Å². The van der Waals surface area contributed by atoms with Crippen LogP contribution in [0, 0.1) is 22.6 Å². The zero-order valence-corrected chi connectivity index (χ0v) is 13.6. The normalized spacial score (nSPS) is 13.9. The molecule has 0 fully saturated rings. The predicted molar refractivity (Wildman–Crippen MR) is 90.9 cm³/mol. The highest BCUT2D eigenvalue weighted by Crippen LogP contribution is 2.38. The summed E-state index contributed by atoms with van der Waals surface area (Å²) in [4.78, 5) is 0. The van der Waals surface area contributed by atoms with E-state index in [1.165, 1.54) is 17.7 Å². The predicted octanol–water partition coefficient (Wildman–Crippen LogP) is 5.49. The molecule has 1 N–H and O–H groups in total. The van der Waals surface area contributed by atoms with Crippen molar-refractivity contribution >= 4 is 5.71 Å². The van der Waals surface area contributed by atoms with E-state index in [9.17, 15) is 4.39 Å². The van der Waals surface area contributed by atoms with Crippen molar-refractivity contribution in [2.24, 2.45) is 11.3 Å². The summed E-state index contributed by atoms with van der Waals surface area (Å²) in [6.45, 7) is 6.48. The molecule has 0 heterocycles. The topological polar surface area (TPSA) is 23.9 Å². The van der Waals surface area contributed by atoms with Crippen LogP contribution in [0.25, 0.3) is 0 Å². The van der Waals surface area contributed by atoms with Crippen molar-refractivity contribution < 1.29 is 4.39 Å². The molecule has 2 aromatic rings. The van der Waals surface area contributed by atoms with Crippen molar-refractivity contribution in [3.63, 3.8) is 0 Å². The summed E-state index contributed by atoms with van der Waals surface area (Å²) in [6, 6.07) is 16.6. The highest BCUT2D eigenvalue weighted by Gasteiger charge is 2.37. The van der Waals surface area contributed by atoms with Crippen molar-refractivity contribution in [2.75, 3.05) is 0 Å². The Morgan fingerprint density at radius 1 is 1.05 bits per heavy atom. The monoisotopic (exact) mass is 297 g/mol. The van der Waals surface area contributed by atoms with E-state index in [2.05, 4.69) is 32.9 Å². The molecule has 0 saturated heterocycles. The van der Waals surface area contributed by atoms with Crippen LogP contribution in [0.5, 0.6) is 0 Å². The molecule has 2 heteroatoms. The van der Waals surface area contributed by atoms with E-state index in [0.717, 1.165) is 18.4 Å². The second-order valence-electron chi connectivity index (χ2n) is 6.21. The smallest absolute Gasteiger partial charge is 0.123 e. The van der Waals surface area contributed by atoms with Gasteiger partial charge in [0.05, 0.1) is 0 Å². The molecule has 1 unspecified atom stereocenters. The SMILES string of the molecule is CCC(Cc1ccccc1)(C(=N)c1ccc(F)cc1)C(C)C. The maximum atomic E-state index is 13.2. The van der Waals surface area contributed by atoms with Crippen molar-refractivity contribution in [3.8, 4) is 0 Å². The molecule has 22 heavy (non-hydrogen) atoms. The van der Waals surface area contributed by atoms with E-state index >= 15 is 0 Å². The Balaban J connectivity index is 2.40. The number of halogens is 1. The molecule has 1 nitrogen and oxygen atoms in total. The van der Waals surface area contributed by atoms with Gasteiger partial charge in [0.25, 0.3) is 0 Å². The average Bonchev–Trinajstić information content (AvgIpc) is 2.53. The Hall–Kier alpha value is -1.96. The molecular formula is C20H24FN. The molecule has 0 saturated carbocycles. The number of hydrogen-bond acceptors (Lipinski definition) is 1. The lowest BCUT2D eigenvalue weighted by Gasteiger charge is -2.38. The molecular weight excluding hydrogens is 273 g/mol. The van der Waals surface area contributed by atoms with Crippen LogP contribution in [0.2, 0.25) is 0 Å². The third kappa shape index (κ3) is 3.27. The Kier molecular flexibility index (Phi) is 5.12. The van der Waals surface area contributed by atoms with Crippen LogP contribution in [0.1, 0.15) is 38.3 Å². The fraction of sp³-hybridized carbons (Fsp3) is 0.350. The molecule has 0 aromatic heterocycles. The largest absolute Gasteiger partial charge is 0.304 e. The van der Waals surface area contributed by atoms with Gasteiger partial charge in [0.2, 0.25) is 0 Å². The molecule has 2 rings (SSSR count). The van der Waals surface area contributed by atoms with Gasteiger partial charge in [-0.3, -0.25) is 0 Å². The first-order valence-electron chi connectivity index (χ1n) is 7.88. The standard InChI is InChI=1S/C20H24FN/c1-4-20(15(2)3,14-16-8-6-5-7-9-16)19(22)17-10-12-18(21)13-11-17/h5-13,15,22H,4,14H2,1-3H3. The first kappa shape index (κ1) is 16.4. The highest BCUT2D eigenvalue weighted by atomic mass is 19.1. The molecule has 0 bridgehead atoms. The van der Waals surface area contributed by atoms with Gasteiger partial charge in [-0.25, -0.2) is 4.39 Å². The van der Waals surface area contributed by atoms with Gasteiger partial charge >= 0.3 is 0 Å². The van der Waals surface area contributed by atoms with Crippen LogP contribution in [0.3, 0.4) is 0 Å². The quantitative estimate of drug-likeness (QED) is 0.682. The second-order valence-corrected chi connectivity index (χ2v) is 6.21. The molecule has 0 spiro atoms. The van der Waals surface area contributed by atoms with Gasteiger partial charge in [0.1, 0.15) is 5.82 Å². The van der Waals surface area contributed by atoms with Gasteiger partial charge in [0.15, 0.2) is 0 Å². The number of rotatable bonds is 6. The molecule has 0 amide bonds. The van der Waals surface area contributed by atoms with Crippen molar-refractivity contribution in [1.29, 1.82) is 5.41 Å². The Morgan fingerprint density at radius 3 is 2.14 bits per heavy atom. The zero-order chi connectivity index (χ0) is 16.2. The second kappa shape index (κ2) is 6.87. The summed E-state index contributed by atoms with van der Waals surface area (Å²) in [6.07, 6.45) is 1.72. The third-order valence-electron chi connectivity index (χ3n) is 4.73. The third-order valence-corrected chi connectivity index (χ3v) is 4.73. The summed E-state index contributed by atoms with van der Waals surface area (Å²) >= 11 is 0. The van der Waals surface area contributed by atoms with Gasteiger partial charge in [-0.2, -0.15) is 0 Å². The average molecular weight is 297 g/mol. The fourth-order valence-corrected chi connectivity index (χ4v) is 3.16. The Bertz CT molecular complexity index is 616. The lowest BCUT2D eigenvalue weighted by atomic mass is 9.66. The summed E-state index contributed by atoms with van der Waals surface area (Å²) in [5, 5.41) is 8.76. The summed E-state index contributed by atoms with van der Waals surface area (Å²) < 4.78 is 13.2. The lowest BCUT2D eigenvalue weighted by Crippen LogP contribution is -2.38. The molecule has 1 atom stereocenters. The zero-order valence-electron chi connectivity index (χ0n) is 13.6. The molecule has 0 radical (unpaired) electrons. The van der Waals surface area contributed by atoms with E-state index in [4.69, 9.17) is 5.41 Å². The number of benzene rings is 2. The minimum absolute atomic E-state index is 0.237. The van der Waals surface area contributed by atoms with Crippen molar-refractivity contribution in [3.05, 3.63) is 71.5 Å². The molecule has 116 valence electrons.